The van der Waals surface area contributed by atoms with Crippen molar-refractivity contribution in [3.05, 3.63) is 29.8 Å². The van der Waals surface area contributed by atoms with Gasteiger partial charge in [0.15, 0.2) is 0 Å². The number of likely N-dealkylation sites (tertiary alicyclic amines) is 1. The first kappa shape index (κ1) is 15.3. The highest BCUT2D eigenvalue weighted by atomic mass is 16.5. The smallest absolute Gasteiger partial charge is 0.119 e. The van der Waals surface area contributed by atoms with Crippen molar-refractivity contribution in [3.8, 4) is 5.75 Å². The molecule has 112 valence electrons. The first-order chi connectivity index (χ1) is 9.81. The predicted molar refractivity (Wildman–Crippen MR) is 80.7 cm³/mol. The van der Waals surface area contributed by atoms with Gasteiger partial charge in [0.1, 0.15) is 12.4 Å². The molecule has 1 aliphatic heterocycles. The van der Waals surface area contributed by atoms with E-state index in [4.69, 9.17) is 15.6 Å². The standard InChI is InChI=1S/C16H26N2O2/c17-12-14-3-5-16(6-4-14)20-11-9-18-8-1-2-15(13-18)7-10-19/h3-6,15,19H,1-2,7-13,17H2. The Kier molecular flexibility index (Phi) is 6.30. The number of benzene rings is 1. The summed E-state index contributed by atoms with van der Waals surface area (Å²) in [5, 5.41) is 9.02. The van der Waals surface area contributed by atoms with Gasteiger partial charge in [0.2, 0.25) is 0 Å². The number of ether oxygens (including phenoxy) is 1. The molecule has 1 aromatic carbocycles. The Morgan fingerprint density at radius 3 is 2.80 bits per heavy atom. The van der Waals surface area contributed by atoms with Crippen LogP contribution in [0.25, 0.3) is 0 Å². The number of hydrogen-bond donors (Lipinski definition) is 2. The number of aliphatic hydroxyl groups excluding tert-OH is 1. The molecule has 1 aliphatic rings. The Hall–Kier alpha value is -1.10. The van der Waals surface area contributed by atoms with E-state index in [0.717, 1.165) is 37.4 Å². The van der Waals surface area contributed by atoms with Crippen LogP contribution >= 0.6 is 0 Å². The summed E-state index contributed by atoms with van der Waals surface area (Å²) in [6.45, 7) is 4.80. The Morgan fingerprint density at radius 2 is 2.10 bits per heavy atom. The van der Waals surface area contributed by atoms with E-state index in [-0.39, 0.29) is 0 Å². The summed E-state index contributed by atoms with van der Waals surface area (Å²) in [4.78, 5) is 2.44. The molecule has 0 spiro atoms. The number of rotatable bonds is 7. The molecule has 2 rings (SSSR count). The maximum Gasteiger partial charge on any atom is 0.119 e. The SMILES string of the molecule is NCc1ccc(OCCN2CCCC(CCO)C2)cc1. The van der Waals surface area contributed by atoms with Gasteiger partial charge in [0, 0.05) is 26.2 Å². The second-order valence-electron chi connectivity index (χ2n) is 5.52. The number of hydrogen-bond acceptors (Lipinski definition) is 4. The molecule has 0 saturated carbocycles. The molecule has 0 radical (unpaired) electrons. The number of piperidine rings is 1. The third-order valence-electron chi connectivity index (χ3n) is 3.98. The lowest BCUT2D eigenvalue weighted by Crippen LogP contribution is -2.38. The summed E-state index contributed by atoms with van der Waals surface area (Å²) < 4.78 is 5.77. The summed E-state index contributed by atoms with van der Waals surface area (Å²) in [5.74, 6) is 1.56. The van der Waals surface area contributed by atoms with Crippen LogP contribution in [0.15, 0.2) is 24.3 Å². The fourth-order valence-electron chi connectivity index (χ4n) is 2.79. The van der Waals surface area contributed by atoms with E-state index < -0.39 is 0 Å². The number of nitrogens with zero attached hydrogens (tertiary/aromatic N) is 1. The van der Waals surface area contributed by atoms with Crippen LogP contribution in [-0.4, -0.2) is 42.9 Å². The molecule has 0 amide bonds. The molecule has 0 bridgehead atoms. The van der Waals surface area contributed by atoms with Crippen molar-refractivity contribution in [2.24, 2.45) is 11.7 Å². The van der Waals surface area contributed by atoms with Gasteiger partial charge in [-0.3, -0.25) is 4.90 Å². The maximum atomic E-state index is 9.02. The predicted octanol–water partition coefficient (Wildman–Crippen LogP) is 1.62. The van der Waals surface area contributed by atoms with E-state index in [1.165, 1.54) is 12.8 Å². The van der Waals surface area contributed by atoms with Crippen LogP contribution in [0, 0.1) is 5.92 Å². The van der Waals surface area contributed by atoms with E-state index in [1.807, 2.05) is 24.3 Å². The summed E-state index contributed by atoms with van der Waals surface area (Å²) >= 11 is 0. The van der Waals surface area contributed by atoms with Gasteiger partial charge < -0.3 is 15.6 Å². The fourth-order valence-corrected chi connectivity index (χ4v) is 2.79. The molecule has 20 heavy (non-hydrogen) atoms. The average Bonchev–Trinajstić information content (AvgIpc) is 2.49. The molecule has 0 aliphatic carbocycles. The van der Waals surface area contributed by atoms with Crippen LogP contribution in [0.3, 0.4) is 0 Å². The van der Waals surface area contributed by atoms with Crippen molar-refractivity contribution in [2.45, 2.75) is 25.8 Å². The van der Waals surface area contributed by atoms with Crippen molar-refractivity contribution >= 4 is 0 Å². The van der Waals surface area contributed by atoms with Crippen molar-refractivity contribution < 1.29 is 9.84 Å². The normalized spacial score (nSPS) is 20.0. The zero-order valence-electron chi connectivity index (χ0n) is 12.1. The number of nitrogens with two attached hydrogens (primary N) is 1. The zero-order valence-corrected chi connectivity index (χ0v) is 12.1. The van der Waals surface area contributed by atoms with Crippen LogP contribution in [0.5, 0.6) is 5.75 Å². The van der Waals surface area contributed by atoms with Crippen LogP contribution < -0.4 is 10.5 Å². The second kappa shape index (κ2) is 8.25. The quantitative estimate of drug-likeness (QED) is 0.796. The Bertz CT molecular complexity index is 379. The second-order valence-corrected chi connectivity index (χ2v) is 5.52. The lowest BCUT2D eigenvalue weighted by atomic mass is 9.95. The van der Waals surface area contributed by atoms with Crippen molar-refractivity contribution in [1.82, 2.24) is 4.90 Å². The zero-order chi connectivity index (χ0) is 14.2. The highest BCUT2D eigenvalue weighted by Gasteiger charge is 2.18. The van der Waals surface area contributed by atoms with Crippen LogP contribution in [-0.2, 0) is 6.54 Å². The van der Waals surface area contributed by atoms with Crippen LogP contribution in [0.4, 0.5) is 0 Å². The van der Waals surface area contributed by atoms with Gasteiger partial charge in [-0.15, -0.1) is 0 Å². The molecule has 1 saturated heterocycles. The lowest BCUT2D eigenvalue weighted by molar-refractivity contribution is 0.129. The van der Waals surface area contributed by atoms with Crippen molar-refractivity contribution in [1.29, 1.82) is 0 Å². The van der Waals surface area contributed by atoms with E-state index >= 15 is 0 Å². The molecule has 1 fully saturated rings. The molecule has 1 atom stereocenters. The number of aliphatic hydroxyl groups is 1. The first-order valence-electron chi connectivity index (χ1n) is 7.57. The van der Waals surface area contributed by atoms with Gasteiger partial charge in [-0.05, 0) is 49.4 Å². The molecule has 1 heterocycles. The van der Waals surface area contributed by atoms with Crippen molar-refractivity contribution in [3.63, 3.8) is 0 Å². The highest BCUT2D eigenvalue weighted by molar-refractivity contribution is 5.27. The van der Waals surface area contributed by atoms with Crippen LogP contribution in [0.1, 0.15) is 24.8 Å². The van der Waals surface area contributed by atoms with Gasteiger partial charge in [-0.1, -0.05) is 12.1 Å². The maximum absolute atomic E-state index is 9.02. The lowest BCUT2D eigenvalue weighted by Gasteiger charge is -2.32. The molecular formula is C16H26N2O2. The van der Waals surface area contributed by atoms with Gasteiger partial charge >= 0.3 is 0 Å². The third-order valence-corrected chi connectivity index (χ3v) is 3.98. The fraction of sp³-hybridized carbons (Fsp3) is 0.625. The van der Waals surface area contributed by atoms with Gasteiger partial charge in [-0.25, -0.2) is 0 Å². The summed E-state index contributed by atoms with van der Waals surface area (Å²) in [6.07, 6.45) is 3.41. The molecule has 3 N–H and O–H groups in total. The van der Waals surface area contributed by atoms with Gasteiger partial charge in [-0.2, -0.15) is 0 Å². The van der Waals surface area contributed by atoms with Crippen LogP contribution in [0.2, 0.25) is 0 Å². The molecule has 4 heteroatoms. The topological polar surface area (TPSA) is 58.7 Å². The molecule has 1 aromatic rings. The minimum atomic E-state index is 0.308. The summed E-state index contributed by atoms with van der Waals surface area (Å²) in [5.41, 5.74) is 6.70. The molecule has 4 nitrogen and oxygen atoms in total. The highest BCUT2D eigenvalue weighted by Crippen LogP contribution is 2.19. The Labute approximate surface area is 121 Å². The Morgan fingerprint density at radius 1 is 1.30 bits per heavy atom. The van der Waals surface area contributed by atoms with Gasteiger partial charge in [0.05, 0.1) is 0 Å². The minimum Gasteiger partial charge on any atom is -0.492 e. The molecule has 0 aromatic heterocycles. The third kappa shape index (κ3) is 4.78. The van der Waals surface area contributed by atoms with Crippen molar-refractivity contribution in [2.75, 3.05) is 32.8 Å². The average molecular weight is 278 g/mol. The molecular weight excluding hydrogens is 252 g/mol. The van der Waals surface area contributed by atoms with E-state index in [0.29, 0.717) is 25.7 Å². The minimum absolute atomic E-state index is 0.308. The molecule has 1 unspecified atom stereocenters. The van der Waals surface area contributed by atoms with E-state index in [1.54, 1.807) is 0 Å². The first-order valence-corrected chi connectivity index (χ1v) is 7.57. The van der Waals surface area contributed by atoms with Gasteiger partial charge in [0.25, 0.3) is 0 Å². The van der Waals surface area contributed by atoms with E-state index in [2.05, 4.69) is 4.90 Å². The monoisotopic (exact) mass is 278 g/mol. The summed E-state index contributed by atoms with van der Waals surface area (Å²) in [7, 11) is 0. The largest absolute Gasteiger partial charge is 0.492 e. The summed E-state index contributed by atoms with van der Waals surface area (Å²) in [6, 6.07) is 7.97. The van der Waals surface area contributed by atoms with E-state index in [9.17, 15) is 0 Å². The Balaban J connectivity index is 1.69.